The Morgan fingerprint density at radius 3 is 2.21 bits per heavy atom. The third-order valence-corrected chi connectivity index (χ3v) is 13.9. The molecule has 2 heterocycles. The Bertz CT molecular complexity index is 1770. The molecule has 3 N–H and O–H groups in total. The zero-order valence-corrected chi connectivity index (χ0v) is 32.0. The molecule has 5 aliphatic carbocycles. The van der Waals surface area contributed by atoms with Crippen molar-refractivity contribution < 1.29 is 19.4 Å². The topological polar surface area (TPSA) is 83.1 Å². The van der Waals surface area contributed by atoms with E-state index in [1.807, 2.05) is 12.1 Å². The number of urea groups is 1. The van der Waals surface area contributed by atoms with Crippen molar-refractivity contribution in [1.29, 1.82) is 0 Å². The van der Waals surface area contributed by atoms with Gasteiger partial charge in [-0.05, 0) is 126 Å². The smallest absolute Gasteiger partial charge is 0.315 e. The summed E-state index contributed by atoms with van der Waals surface area (Å²) >= 11 is 0. The number of rotatable bonds is 9. The number of likely N-dealkylation sites (tertiary alicyclic amines) is 1. The van der Waals surface area contributed by atoms with E-state index in [9.17, 15) is 9.90 Å². The van der Waals surface area contributed by atoms with Crippen molar-refractivity contribution in [1.82, 2.24) is 15.5 Å². The first-order chi connectivity index (χ1) is 25.5. The zero-order valence-electron chi connectivity index (χ0n) is 32.0. The Hall–Kier alpha value is -3.23. The van der Waals surface area contributed by atoms with Gasteiger partial charge in [0.1, 0.15) is 0 Å². The SMILES string of the molecule is CC1(C)CC2CC(C)(CN2C[C@@H]2C[C@H](c3ccc(CO)cc3)O[C@H](c3cccc(-c4cccc(CNC(=O)NC56CC7CC(CC(C7)C5)C6)c4)c3)O2)C1. The third kappa shape index (κ3) is 7.56. The van der Waals surface area contributed by atoms with E-state index >= 15 is 0 Å². The van der Waals surface area contributed by atoms with Crippen molar-refractivity contribution in [3.05, 3.63) is 95.1 Å². The highest BCUT2D eigenvalue weighted by atomic mass is 16.7. The number of carbonyl (C=O) groups excluding carboxylic acids is 1. The zero-order chi connectivity index (χ0) is 36.4. The molecule has 0 aromatic heterocycles. The predicted molar refractivity (Wildman–Crippen MR) is 208 cm³/mol. The van der Waals surface area contributed by atoms with Gasteiger partial charge in [-0.3, -0.25) is 4.90 Å². The second-order valence-electron chi connectivity index (χ2n) is 19.3. The number of aliphatic hydroxyl groups is 1. The van der Waals surface area contributed by atoms with E-state index in [-0.39, 0.29) is 30.4 Å². The van der Waals surface area contributed by atoms with E-state index in [4.69, 9.17) is 9.47 Å². The number of benzene rings is 3. The summed E-state index contributed by atoms with van der Waals surface area (Å²) in [5.74, 6) is 2.40. The number of hydrogen-bond donors (Lipinski definition) is 3. The number of aliphatic hydroxyl groups excluding tert-OH is 1. The van der Waals surface area contributed by atoms with Crippen LogP contribution in [0.4, 0.5) is 4.79 Å². The molecule has 6 bridgehead atoms. The van der Waals surface area contributed by atoms with Gasteiger partial charge in [-0.1, -0.05) is 81.4 Å². The van der Waals surface area contributed by atoms with E-state index in [2.05, 4.69) is 97.0 Å². The first-order valence-corrected chi connectivity index (χ1v) is 20.5. The Morgan fingerprint density at radius 2 is 1.49 bits per heavy atom. The molecule has 7 fully saturated rings. The third-order valence-electron chi connectivity index (χ3n) is 13.9. The molecule has 5 atom stereocenters. The minimum absolute atomic E-state index is 0.00770. The van der Waals surface area contributed by atoms with Crippen LogP contribution in [0.3, 0.4) is 0 Å². The van der Waals surface area contributed by atoms with Crippen molar-refractivity contribution in [3.8, 4) is 11.1 Å². The van der Waals surface area contributed by atoms with Crippen molar-refractivity contribution in [2.75, 3.05) is 13.1 Å². The summed E-state index contributed by atoms with van der Waals surface area (Å²) in [5, 5.41) is 16.3. The molecule has 10 rings (SSSR count). The maximum atomic E-state index is 13.2. The fourth-order valence-electron chi connectivity index (χ4n) is 12.5. The summed E-state index contributed by atoms with van der Waals surface area (Å²) in [6.07, 6.45) is 11.6. The fourth-order valence-corrected chi connectivity index (χ4v) is 12.5. The van der Waals surface area contributed by atoms with Crippen LogP contribution in [0.25, 0.3) is 11.1 Å². The molecular weight excluding hydrogens is 659 g/mol. The van der Waals surface area contributed by atoms with Crippen LogP contribution >= 0.6 is 0 Å². The average Bonchev–Trinajstić information content (AvgIpc) is 3.36. The maximum absolute atomic E-state index is 13.2. The van der Waals surface area contributed by atoms with Gasteiger partial charge in [0.05, 0.1) is 18.8 Å². The van der Waals surface area contributed by atoms with E-state index in [0.29, 0.717) is 23.4 Å². The summed E-state index contributed by atoms with van der Waals surface area (Å²) in [4.78, 5) is 15.9. The first-order valence-electron chi connectivity index (χ1n) is 20.5. The lowest BCUT2D eigenvalue weighted by molar-refractivity contribution is -0.253. The molecular formula is C46H59N3O4. The maximum Gasteiger partial charge on any atom is 0.315 e. The molecule has 2 unspecified atom stereocenters. The molecule has 0 spiro atoms. The number of carbonyl (C=O) groups is 1. The molecule has 2 aliphatic heterocycles. The number of nitrogens with zero attached hydrogens (tertiary/aromatic N) is 1. The molecule has 3 aromatic carbocycles. The lowest BCUT2D eigenvalue weighted by Gasteiger charge is -2.56. The van der Waals surface area contributed by atoms with E-state index in [1.165, 1.54) is 38.5 Å². The lowest BCUT2D eigenvalue weighted by Crippen LogP contribution is -2.61. The van der Waals surface area contributed by atoms with Crippen LogP contribution in [0.1, 0.15) is 120 Å². The standard InChI is InChI=1S/C46H59N3O4/c1-44(2)23-39-24-45(3,28-44)29-49(39)26-40-19-41(35-12-10-30(27-50)11-13-35)53-42(52-40)38-9-5-8-37(18-38)36-7-4-6-31(17-36)25-47-43(51)48-46-20-32-14-33(21-46)16-34(15-32)22-46/h4-13,17-18,32-34,39-42,50H,14-16,19-29H2,1-3H3,(H2,47,48,51)/t32?,33?,34?,39?,40-,41+,42+,45?,46?/m0/s1. The highest BCUT2D eigenvalue weighted by molar-refractivity contribution is 5.75. The Morgan fingerprint density at radius 1 is 0.792 bits per heavy atom. The predicted octanol–water partition coefficient (Wildman–Crippen LogP) is 9.06. The second-order valence-corrected chi connectivity index (χ2v) is 19.3. The molecule has 3 aromatic rings. The number of hydrogen-bond acceptors (Lipinski definition) is 5. The lowest BCUT2D eigenvalue weighted by atomic mass is 9.53. The van der Waals surface area contributed by atoms with Crippen LogP contribution < -0.4 is 10.6 Å². The highest BCUT2D eigenvalue weighted by Gasteiger charge is 2.52. The molecule has 282 valence electrons. The van der Waals surface area contributed by atoms with Gasteiger partial charge in [0.15, 0.2) is 6.29 Å². The molecule has 2 amide bonds. The summed E-state index contributed by atoms with van der Waals surface area (Å²) in [7, 11) is 0. The quantitative estimate of drug-likeness (QED) is 0.206. The molecule has 53 heavy (non-hydrogen) atoms. The van der Waals surface area contributed by atoms with Gasteiger partial charge in [-0.2, -0.15) is 0 Å². The van der Waals surface area contributed by atoms with E-state index in [1.54, 1.807) is 0 Å². The van der Waals surface area contributed by atoms with Gasteiger partial charge < -0.3 is 25.2 Å². The molecule has 7 heteroatoms. The van der Waals surface area contributed by atoms with Gasteiger partial charge in [0, 0.05) is 43.2 Å². The van der Waals surface area contributed by atoms with Crippen LogP contribution in [-0.4, -0.2) is 46.8 Å². The summed E-state index contributed by atoms with van der Waals surface area (Å²) in [6.45, 7) is 9.92. The molecule has 2 saturated heterocycles. The van der Waals surface area contributed by atoms with Crippen molar-refractivity contribution >= 4 is 6.03 Å². The van der Waals surface area contributed by atoms with Gasteiger partial charge in [0.2, 0.25) is 0 Å². The van der Waals surface area contributed by atoms with E-state index in [0.717, 1.165) is 89.9 Å². The normalized spacial score (nSPS) is 35.7. The number of ether oxygens (including phenoxy) is 2. The monoisotopic (exact) mass is 717 g/mol. The molecule has 0 radical (unpaired) electrons. The minimum atomic E-state index is -0.497. The Balaban J connectivity index is 0.898. The van der Waals surface area contributed by atoms with Crippen LogP contribution in [0.15, 0.2) is 72.8 Å². The van der Waals surface area contributed by atoms with Crippen LogP contribution in [0, 0.1) is 28.6 Å². The first kappa shape index (κ1) is 35.5. The Labute approximate surface area is 316 Å². The fraction of sp³-hybridized carbons (Fsp3) is 0.587. The number of nitrogens with one attached hydrogen (secondary N) is 2. The molecule has 7 nitrogen and oxygen atoms in total. The van der Waals surface area contributed by atoms with Gasteiger partial charge in [-0.15, -0.1) is 0 Å². The summed E-state index contributed by atoms with van der Waals surface area (Å²) < 4.78 is 13.7. The van der Waals surface area contributed by atoms with E-state index < -0.39 is 6.29 Å². The van der Waals surface area contributed by atoms with Crippen molar-refractivity contribution in [2.45, 2.75) is 128 Å². The second kappa shape index (κ2) is 13.8. The van der Waals surface area contributed by atoms with Crippen LogP contribution in [-0.2, 0) is 22.6 Å². The Kier molecular flexibility index (Phi) is 9.24. The van der Waals surface area contributed by atoms with Crippen LogP contribution in [0.5, 0.6) is 0 Å². The highest BCUT2D eigenvalue weighted by Crippen LogP contribution is 2.56. The summed E-state index contributed by atoms with van der Waals surface area (Å²) in [6, 6.07) is 25.8. The largest absolute Gasteiger partial charge is 0.392 e. The molecule has 5 saturated carbocycles. The van der Waals surface area contributed by atoms with Gasteiger partial charge in [-0.25, -0.2) is 4.79 Å². The van der Waals surface area contributed by atoms with Gasteiger partial charge >= 0.3 is 6.03 Å². The minimum Gasteiger partial charge on any atom is -0.392 e. The van der Waals surface area contributed by atoms with Crippen molar-refractivity contribution in [3.63, 3.8) is 0 Å². The number of fused-ring (bicyclic) bond motifs is 2. The van der Waals surface area contributed by atoms with Gasteiger partial charge in [0.25, 0.3) is 0 Å². The van der Waals surface area contributed by atoms with Crippen molar-refractivity contribution in [2.24, 2.45) is 28.6 Å². The van der Waals surface area contributed by atoms with Crippen LogP contribution in [0.2, 0.25) is 0 Å². The average molecular weight is 718 g/mol. The summed E-state index contributed by atoms with van der Waals surface area (Å²) in [5.41, 5.74) is 7.08. The number of amides is 2. The molecule has 7 aliphatic rings.